The molecular formula is C14H27N5O2. The zero-order valence-corrected chi connectivity index (χ0v) is 13.6. The molecular weight excluding hydrogens is 270 g/mol. The number of nitrogens with one attached hydrogen (secondary N) is 2. The molecule has 0 atom stereocenters. The lowest BCUT2D eigenvalue weighted by atomic mass is 9.98. The van der Waals surface area contributed by atoms with Crippen LogP contribution in [-0.4, -0.2) is 44.9 Å². The lowest BCUT2D eigenvalue weighted by Crippen LogP contribution is -2.35. The highest BCUT2D eigenvalue weighted by molar-refractivity contribution is 5.36. The van der Waals surface area contributed by atoms with Gasteiger partial charge in [-0.3, -0.25) is 0 Å². The number of rotatable bonds is 9. The Morgan fingerprint density at radius 2 is 1.62 bits per heavy atom. The molecule has 0 fully saturated rings. The van der Waals surface area contributed by atoms with Gasteiger partial charge in [-0.15, -0.1) is 0 Å². The van der Waals surface area contributed by atoms with Crippen molar-refractivity contribution < 1.29 is 9.84 Å². The molecule has 0 radical (unpaired) electrons. The minimum absolute atomic E-state index is 0.0158. The third-order valence-electron chi connectivity index (χ3n) is 3.18. The highest BCUT2D eigenvalue weighted by atomic mass is 16.5. The summed E-state index contributed by atoms with van der Waals surface area (Å²) in [5.41, 5.74) is -0.760. The Morgan fingerprint density at radius 1 is 1.05 bits per heavy atom. The van der Waals surface area contributed by atoms with Crippen molar-refractivity contribution in [1.29, 1.82) is 0 Å². The van der Waals surface area contributed by atoms with Crippen molar-refractivity contribution in [3.63, 3.8) is 0 Å². The van der Waals surface area contributed by atoms with Crippen LogP contribution >= 0.6 is 0 Å². The summed E-state index contributed by atoms with van der Waals surface area (Å²) < 4.78 is 5.52. The first-order valence-electron chi connectivity index (χ1n) is 7.55. The molecule has 3 N–H and O–H groups in total. The van der Waals surface area contributed by atoms with Crippen LogP contribution in [0.1, 0.15) is 47.5 Å². The van der Waals surface area contributed by atoms with E-state index in [0.29, 0.717) is 37.8 Å². The van der Waals surface area contributed by atoms with Gasteiger partial charge in [0.05, 0.1) is 11.7 Å². The molecule has 0 saturated carbocycles. The minimum Gasteiger partial charge on any atom is -0.461 e. The molecule has 0 aromatic carbocycles. The van der Waals surface area contributed by atoms with Crippen molar-refractivity contribution in [3.05, 3.63) is 0 Å². The molecule has 0 aliphatic rings. The zero-order valence-electron chi connectivity index (χ0n) is 13.6. The molecule has 0 aliphatic carbocycles. The van der Waals surface area contributed by atoms with Gasteiger partial charge in [0.2, 0.25) is 11.9 Å². The second kappa shape index (κ2) is 7.97. The van der Waals surface area contributed by atoms with E-state index in [1.54, 1.807) is 0 Å². The molecule has 0 amide bonds. The van der Waals surface area contributed by atoms with Crippen molar-refractivity contribution in [3.8, 4) is 6.01 Å². The maximum Gasteiger partial charge on any atom is 0.323 e. The van der Waals surface area contributed by atoms with E-state index >= 15 is 0 Å². The summed E-state index contributed by atoms with van der Waals surface area (Å²) in [5.74, 6) is 0.860. The van der Waals surface area contributed by atoms with Gasteiger partial charge < -0.3 is 20.5 Å². The fourth-order valence-corrected chi connectivity index (χ4v) is 1.68. The highest BCUT2D eigenvalue weighted by Crippen LogP contribution is 2.17. The Kier molecular flexibility index (Phi) is 6.61. The Labute approximate surface area is 126 Å². The lowest BCUT2D eigenvalue weighted by molar-refractivity contribution is 0.0455. The first-order chi connectivity index (χ1) is 9.92. The maximum absolute atomic E-state index is 10.3. The molecule has 120 valence electrons. The molecule has 0 unspecified atom stereocenters. The Balaban J connectivity index is 2.86. The molecule has 0 aliphatic heterocycles. The average molecular weight is 297 g/mol. The van der Waals surface area contributed by atoms with Gasteiger partial charge in [0.25, 0.3) is 0 Å². The Bertz CT molecular complexity index is 435. The third-order valence-corrected chi connectivity index (χ3v) is 3.18. The normalized spacial score (nSPS) is 11.6. The fourth-order valence-electron chi connectivity index (χ4n) is 1.68. The third kappa shape index (κ3) is 5.71. The van der Waals surface area contributed by atoms with Crippen LogP contribution in [0, 0.1) is 0 Å². The molecule has 21 heavy (non-hydrogen) atoms. The molecule has 1 rings (SSSR count). The summed E-state index contributed by atoms with van der Waals surface area (Å²) in [4.78, 5) is 12.7. The fraction of sp³-hybridized carbons (Fsp3) is 0.786. The average Bonchev–Trinajstić information content (AvgIpc) is 2.44. The van der Waals surface area contributed by atoms with Gasteiger partial charge in [-0.1, -0.05) is 13.8 Å². The first-order valence-corrected chi connectivity index (χ1v) is 7.55. The number of aliphatic hydroxyl groups is 1. The van der Waals surface area contributed by atoms with Crippen LogP contribution < -0.4 is 15.4 Å². The number of hydrogen-bond acceptors (Lipinski definition) is 7. The summed E-state index contributed by atoms with van der Waals surface area (Å²) in [7, 11) is 0. The second-order valence-electron chi connectivity index (χ2n) is 5.25. The summed E-state index contributed by atoms with van der Waals surface area (Å²) in [6.07, 6.45) is 1.31. The first kappa shape index (κ1) is 17.4. The van der Waals surface area contributed by atoms with E-state index in [4.69, 9.17) is 4.74 Å². The van der Waals surface area contributed by atoms with Gasteiger partial charge in [0.15, 0.2) is 0 Å². The maximum atomic E-state index is 10.3. The smallest absolute Gasteiger partial charge is 0.323 e. The van der Waals surface area contributed by atoms with E-state index < -0.39 is 5.60 Å². The van der Waals surface area contributed by atoms with Crippen LogP contribution in [0.3, 0.4) is 0 Å². The minimum atomic E-state index is -0.760. The molecule has 1 aromatic heterocycles. The molecule has 0 bridgehead atoms. The predicted octanol–water partition coefficient (Wildman–Crippen LogP) is 2.05. The van der Waals surface area contributed by atoms with Crippen molar-refractivity contribution in [2.24, 2.45) is 0 Å². The zero-order chi connectivity index (χ0) is 15.9. The number of ether oxygens (including phenoxy) is 1. The number of anilines is 2. The Morgan fingerprint density at radius 3 is 2.10 bits per heavy atom. The largest absolute Gasteiger partial charge is 0.461 e. The topological polar surface area (TPSA) is 92.2 Å². The second-order valence-corrected chi connectivity index (χ2v) is 5.25. The van der Waals surface area contributed by atoms with Gasteiger partial charge in [0, 0.05) is 13.1 Å². The van der Waals surface area contributed by atoms with Crippen molar-refractivity contribution >= 4 is 11.9 Å². The number of nitrogens with zero attached hydrogens (tertiary/aromatic N) is 3. The van der Waals surface area contributed by atoms with E-state index in [9.17, 15) is 5.11 Å². The van der Waals surface area contributed by atoms with E-state index in [1.165, 1.54) is 0 Å². The molecule has 0 saturated heterocycles. The van der Waals surface area contributed by atoms with Gasteiger partial charge in [-0.2, -0.15) is 15.0 Å². The SMILES string of the molecule is CCNc1nc(NCC(O)(CC)CC)nc(OC(C)C)n1. The van der Waals surface area contributed by atoms with E-state index in [0.717, 1.165) is 0 Å². The summed E-state index contributed by atoms with van der Waals surface area (Å²) in [5, 5.41) is 16.4. The van der Waals surface area contributed by atoms with Crippen molar-refractivity contribution in [2.45, 2.75) is 59.2 Å². The van der Waals surface area contributed by atoms with Crippen LogP contribution in [0.25, 0.3) is 0 Å². The van der Waals surface area contributed by atoms with E-state index in [-0.39, 0.29) is 12.1 Å². The molecule has 1 heterocycles. The van der Waals surface area contributed by atoms with Gasteiger partial charge in [-0.25, -0.2) is 0 Å². The standard InChI is InChI=1S/C14H27N5O2/c1-6-14(20,7-2)9-16-12-17-11(15-8-3)18-13(19-12)21-10(4)5/h10,20H,6-9H2,1-5H3,(H2,15,16,17,18,19). The lowest BCUT2D eigenvalue weighted by Gasteiger charge is -2.25. The molecule has 7 heteroatoms. The van der Waals surface area contributed by atoms with Crippen molar-refractivity contribution in [1.82, 2.24) is 15.0 Å². The summed E-state index contributed by atoms with van der Waals surface area (Å²) in [6, 6.07) is 0.273. The van der Waals surface area contributed by atoms with E-state index in [2.05, 4.69) is 25.6 Å². The summed E-state index contributed by atoms with van der Waals surface area (Å²) in [6.45, 7) is 10.8. The highest BCUT2D eigenvalue weighted by Gasteiger charge is 2.22. The van der Waals surface area contributed by atoms with Crippen LogP contribution in [-0.2, 0) is 0 Å². The van der Waals surface area contributed by atoms with Crippen LogP contribution in [0.5, 0.6) is 6.01 Å². The van der Waals surface area contributed by atoms with Gasteiger partial charge in [-0.05, 0) is 33.6 Å². The predicted molar refractivity (Wildman–Crippen MR) is 83.8 cm³/mol. The number of aromatic nitrogens is 3. The van der Waals surface area contributed by atoms with Crippen molar-refractivity contribution in [2.75, 3.05) is 23.7 Å². The quantitative estimate of drug-likeness (QED) is 0.642. The van der Waals surface area contributed by atoms with Gasteiger partial charge >= 0.3 is 6.01 Å². The molecule has 1 aromatic rings. The van der Waals surface area contributed by atoms with Gasteiger partial charge in [0.1, 0.15) is 0 Å². The van der Waals surface area contributed by atoms with Crippen LogP contribution in [0.15, 0.2) is 0 Å². The Hall–Kier alpha value is -1.63. The van der Waals surface area contributed by atoms with Crippen LogP contribution in [0.4, 0.5) is 11.9 Å². The van der Waals surface area contributed by atoms with E-state index in [1.807, 2.05) is 34.6 Å². The number of hydrogen-bond donors (Lipinski definition) is 3. The summed E-state index contributed by atoms with van der Waals surface area (Å²) >= 11 is 0. The monoisotopic (exact) mass is 297 g/mol. The van der Waals surface area contributed by atoms with Crippen LogP contribution in [0.2, 0.25) is 0 Å². The molecule has 7 nitrogen and oxygen atoms in total. The molecule has 0 spiro atoms.